The van der Waals surface area contributed by atoms with Crippen molar-refractivity contribution in [2.24, 2.45) is 0 Å². The van der Waals surface area contributed by atoms with Gasteiger partial charge >= 0.3 is 0 Å². The maximum Gasteiger partial charge on any atom is 0.234 e. The molecule has 1 aromatic carbocycles. The topological polar surface area (TPSA) is 62.8 Å². The molecule has 2 N–H and O–H groups in total. The molecule has 1 aliphatic rings. The van der Waals surface area contributed by atoms with Gasteiger partial charge in [0.15, 0.2) is 0 Å². The molecule has 0 radical (unpaired) electrons. The van der Waals surface area contributed by atoms with Gasteiger partial charge < -0.3 is 25.0 Å². The molecule has 1 heterocycles. The number of ether oxygens (including phenoxy) is 2. The van der Waals surface area contributed by atoms with E-state index in [2.05, 4.69) is 22.6 Å². The molecule has 0 unspecified atom stereocenters. The molecule has 0 spiro atoms. The number of nitrogens with one attached hydrogen (secondary N) is 2. The normalized spacial score (nSPS) is 18.9. The second kappa shape index (κ2) is 8.73. The zero-order chi connectivity index (χ0) is 15.8. The lowest BCUT2D eigenvalue weighted by atomic mass is 10.2. The standard InChI is InChI=1S/C16H25N3O3/c1-19-6-7-22-15(12-19)10-17-11-16(20)18-9-13-4-3-5-14(8-13)21-2/h3-5,8,15,17H,6-7,9-12H2,1-2H3,(H,18,20)/t15-/m1/s1. The van der Waals surface area contributed by atoms with Crippen LogP contribution in [0, 0.1) is 0 Å². The maximum atomic E-state index is 11.8. The smallest absolute Gasteiger partial charge is 0.234 e. The van der Waals surface area contributed by atoms with Gasteiger partial charge in [-0.2, -0.15) is 0 Å². The second-order valence-corrected chi connectivity index (χ2v) is 5.51. The van der Waals surface area contributed by atoms with E-state index in [4.69, 9.17) is 9.47 Å². The van der Waals surface area contributed by atoms with Crippen molar-refractivity contribution in [3.8, 4) is 5.75 Å². The number of hydrogen-bond acceptors (Lipinski definition) is 5. The van der Waals surface area contributed by atoms with Gasteiger partial charge in [0, 0.05) is 26.2 Å². The third kappa shape index (κ3) is 5.63. The van der Waals surface area contributed by atoms with Gasteiger partial charge in [-0.1, -0.05) is 12.1 Å². The summed E-state index contributed by atoms with van der Waals surface area (Å²) in [5, 5.41) is 6.03. The summed E-state index contributed by atoms with van der Waals surface area (Å²) in [6, 6.07) is 7.67. The Hall–Kier alpha value is -1.63. The minimum Gasteiger partial charge on any atom is -0.497 e. The average Bonchev–Trinajstić information content (AvgIpc) is 2.53. The first-order valence-corrected chi connectivity index (χ1v) is 7.58. The Morgan fingerprint density at radius 2 is 2.36 bits per heavy atom. The molecule has 6 nitrogen and oxygen atoms in total. The number of likely N-dealkylation sites (N-methyl/N-ethyl adjacent to an activating group) is 1. The Morgan fingerprint density at radius 3 is 3.14 bits per heavy atom. The van der Waals surface area contributed by atoms with E-state index in [0.717, 1.165) is 31.0 Å². The molecule has 1 aliphatic heterocycles. The molecular formula is C16H25N3O3. The number of amides is 1. The van der Waals surface area contributed by atoms with Crippen molar-refractivity contribution in [1.82, 2.24) is 15.5 Å². The SMILES string of the molecule is COc1cccc(CNC(=O)CNC[C@@H]2CN(C)CCO2)c1. The third-order valence-corrected chi connectivity index (χ3v) is 3.62. The van der Waals surface area contributed by atoms with Crippen molar-refractivity contribution in [3.05, 3.63) is 29.8 Å². The number of hydrogen-bond donors (Lipinski definition) is 2. The first-order chi connectivity index (χ1) is 10.7. The monoisotopic (exact) mass is 307 g/mol. The van der Waals surface area contributed by atoms with E-state index in [9.17, 15) is 4.79 Å². The quantitative estimate of drug-likeness (QED) is 0.755. The van der Waals surface area contributed by atoms with Gasteiger partial charge in [-0.15, -0.1) is 0 Å². The van der Waals surface area contributed by atoms with Gasteiger partial charge in [0.25, 0.3) is 0 Å². The highest BCUT2D eigenvalue weighted by Crippen LogP contribution is 2.11. The van der Waals surface area contributed by atoms with Crippen molar-refractivity contribution in [1.29, 1.82) is 0 Å². The van der Waals surface area contributed by atoms with Crippen LogP contribution in [0.5, 0.6) is 5.75 Å². The van der Waals surface area contributed by atoms with E-state index < -0.39 is 0 Å². The van der Waals surface area contributed by atoms with Crippen LogP contribution in [0.1, 0.15) is 5.56 Å². The zero-order valence-electron chi connectivity index (χ0n) is 13.3. The van der Waals surface area contributed by atoms with E-state index in [0.29, 0.717) is 19.6 Å². The lowest BCUT2D eigenvalue weighted by Gasteiger charge is -2.30. The molecule has 0 saturated carbocycles. The number of rotatable bonds is 7. The molecule has 1 amide bonds. The highest BCUT2D eigenvalue weighted by atomic mass is 16.5. The largest absolute Gasteiger partial charge is 0.497 e. The van der Waals surface area contributed by atoms with Crippen LogP contribution in [-0.2, 0) is 16.1 Å². The summed E-state index contributed by atoms with van der Waals surface area (Å²) >= 11 is 0. The summed E-state index contributed by atoms with van der Waals surface area (Å²) in [6.45, 7) is 4.12. The summed E-state index contributed by atoms with van der Waals surface area (Å²) in [4.78, 5) is 14.1. The average molecular weight is 307 g/mol. The Labute approximate surface area is 131 Å². The van der Waals surface area contributed by atoms with Gasteiger partial charge in [0.1, 0.15) is 5.75 Å². The minimum absolute atomic E-state index is 0.0213. The van der Waals surface area contributed by atoms with Crippen LogP contribution < -0.4 is 15.4 Å². The first kappa shape index (κ1) is 16.7. The summed E-state index contributed by atoms with van der Waals surface area (Å²) in [5.41, 5.74) is 1.02. The molecule has 1 atom stereocenters. The van der Waals surface area contributed by atoms with Crippen molar-refractivity contribution in [2.45, 2.75) is 12.6 Å². The first-order valence-electron chi connectivity index (χ1n) is 7.58. The number of benzene rings is 1. The van der Waals surface area contributed by atoms with E-state index in [1.807, 2.05) is 24.3 Å². The predicted molar refractivity (Wildman–Crippen MR) is 84.9 cm³/mol. The molecule has 1 saturated heterocycles. The summed E-state index contributed by atoms with van der Waals surface area (Å²) in [5.74, 6) is 0.774. The van der Waals surface area contributed by atoms with Crippen LogP contribution in [0.25, 0.3) is 0 Å². The molecule has 2 rings (SSSR count). The van der Waals surface area contributed by atoms with Crippen LogP contribution in [0.2, 0.25) is 0 Å². The molecule has 6 heteroatoms. The summed E-state index contributed by atoms with van der Waals surface area (Å²) in [6.07, 6.45) is 0.157. The number of methoxy groups -OCH3 is 1. The van der Waals surface area contributed by atoms with Crippen LogP contribution in [0.15, 0.2) is 24.3 Å². The van der Waals surface area contributed by atoms with Crippen molar-refractivity contribution in [3.63, 3.8) is 0 Å². The number of nitrogens with zero attached hydrogens (tertiary/aromatic N) is 1. The number of morpholine rings is 1. The third-order valence-electron chi connectivity index (χ3n) is 3.62. The zero-order valence-corrected chi connectivity index (χ0v) is 13.3. The van der Waals surface area contributed by atoms with E-state index in [1.165, 1.54) is 0 Å². The molecule has 0 aromatic heterocycles. The highest BCUT2D eigenvalue weighted by molar-refractivity contribution is 5.77. The molecule has 0 bridgehead atoms. The molecule has 22 heavy (non-hydrogen) atoms. The Bertz CT molecular complexity index is 481. The fourth-order valence-electron chi connectivity index (χ4n) is 2.38. The van der Waals surface area contributed by atoms with Crippen molar-refractivity contribution in [2.75, 3.05) is 46.9 Å². The predicted octanol–water partition coefficient (Wildman–Crippen LogP) is 0.232. The van der Waals surface area contributed by atoms with E-state index >= 15 is 0 Å². The Morgan fingerprint density at radius 1 is 1.50 bits per heavy atom. The second-order valence-electron chi connectivity index (χ2n) is 5.51. The van der Waals surface area contributed by atoms with Crippen LogP contribution in [-0.4, -0.2) is 63.9 Å². The van der Waals surface area contributed by atoms with Gasteiger partial charge in [-0.25, -0.2) is 0 Å². The van der Waals surface area contributed by atoms with Gasteiger partial charge in [-0.3, -0.25) is 4.79 Å². The lowest BCUT2D eigenvalue weighted by Crippen LogP contribution is -2.46. The van der Waals surface area contributed by atoms with Crippen LogP contribution >= 0.6 is 0 Å². The Kier molecular flexibility index (Phi) is 6.64. The van der Waals surface area contributed by atoms with Crippen molar-refractivity contribution < 1.29 is 14.3 Å². The van der Waals surface area contributed by atoms with Crippen LogP contribution in [0.3, 0.4) is 0 Å². The van der Waals surface area contributed by atoms with Gasteiger partial charge in [0.05, 0.1) is 26.4 Å². The minimum atomic E-state index is -0.0213. The summed E-state index contributed by atoms with van der Waals surface area (Å²) in [7, 11) is 3.71. The highest BCUT2D eigenvalue weighted by Gasteiger charge is 2.17. The molecule has 0 aliphatic carbocycles. The van der Waals surface area contributed by atoms with E-state index in [1.54, 1.807) is 7.11 Å². The fourth-order valence-corrected chi connectivity index (χ4v) is 2.38. The van der Waals surface area contributed by atoms with E-state index in [-0.39, 0.29) is 12.0 Å². The molecular weight excluding hydrogens is 282 g/mol. The fraction of sp³-hybridized carbons (Fsp3) is 0.562. The molecule has 1 fully saturated rings. The lowest BCUT2D eigenvalue weighted by molar-refractivity contribution is -0.120. The Balaban J connectivity index is 1.63. The van der Waals surface area contributed by atoms with Gasteiger partial charge in [0.2, 0.25) is 5.91 Å². The number of carbonyl (C=O) groups excluding carboxylic acids is 1. The molecule has 1 aromatic rings. The van der Waals surface area contributed by atoms with Crippen molar-refractivity contribution >= 4 is 5.91 Å². The maximum absolute atomic E-state index is 11.8. The number of carbonyl (C=O) groups is 1. The van der Waals surface area contributed by atoms with Crippen LogP contribution in [0.4, 0.5) is 0 Å². The molecule has 122 valence electrons. The van der Waals surface area contributed by atoms with Gasteiger partial charge in [-0.05, 0) is 24.7 Å². The summed E-state index contributed by atoms with van der Waals surface area (Å²) < 4.78 is 10.8.